The van der Waals surface area contributed by atoms with Crippen LogP contribution in [0, 0.1) is 5.82 Å². The summed E-state index contributed by atoms with van der Waals surface area (Å²) in [5.41, 5.74) is 4.67. The summed E-state index contributed by atoms with van der Waals surface area (Å²) in [5, 5.41) is 6.56. The van der Waals surface area contributed by atoms with Crippen molar-refractivity contribution in [2.75, 3.05) is 32.1 Å². The van der Waals surface area contributed by atoms with E-state index in [4.69, 9.17) is 9.15 Å². The lowest BCUT2D eigenvalue weighted by Gasteiger charge is -2.10. The van der Waals surface area contributed by atoms with E-state index in [2.05, 4.69) is 15.6 Å². The van der Waals surface area contributed by atoms with Crippen molar-refractivity contribution in [3.05, 3.63) is 83.0 Å². The summed E-state index contributed by atoms with van der Waals surface area (Å²) in [4.78, 5) is 29.6. The van der Waals surface area contributed by atoms with Gasteiger partial charge in [-0.15, -0.1) is 0 Å². The number of benzene rings is 3. The number of carbonyl (C=O) groups is 1. The maximum Gasteiger partial charge on any atom is 0.348 e. The van der Waals surface area contributed by atoms with Crippen molar-refractivity contribution in [1.29, 1.82) is 0 Å². The molecule has 0 bridgehead atoms. The molecule has 8 nitrogen and oxygen atoms in total. The first-order valence-corrected chi connectivity index (χ1v) is 12.3. The molecule has 38 heavy (non-hydrogen) atoms. The molecule has 2 N–H and O–H groups in total. The number of ether oxygens (including phenoxy) is 1. The fraction of sp³-hybridized carbons (Fsp3) is 0.207. The molecule has 0 aliphatic heterocycles. The van der Waals surface area contributed by atoms with Crippen LogP contribution in [0.25, 0.3) is 44.5 Å². The molecule has 0 atom stereocenters. The van der Waals surface area contributed by atoms with Crippen molar-refractivity contribution < 1.29 is 18.3 Å². The van der Waals surface area contributed by atoms with Crippen LogP contribution in [-0.4, -0.2) is 42.3 Å². The molecule has 0 radical (unpaired) electrons. The second-order valence-electron chi connectivity index (χ2n) is 8.79. The lowest BCUT2D eigenvalue weighted by atomic mass is 10.0. The predicted molar refractivity (Wildman–Crippen MR) is 146 cm³/mol. The molecule has 0 aliphatic rings. The normalized spacial score (nSPS) is 11.3. The van der Waals surface area contributed by atoms with Gasteiger partial charge in [-0.2, -0.15) is 4.98 Å². The molecule has 5 aromatic rings. The molecule has 0 saturated carbocycles. The van der Waals surface area contributed by atoms with Crippen LogP contribution in [0.5, 0.6) is 0 Å². The summed E-state index contributed by atoms with van der Waals surface area (Å²) in [5.74, 6) is -0.453. The van der Waals surface area contributed by atoms with Crippen molar-refractivity contribution in [2.24, 2.45) is 0 Å². The van der Waals surface area contributed by atoms with Crippen LogP contribution < -0.4 is 16.3 Å². The number of carbonyl (C=O) groups excluding carboxylic acids is 1. The molecular weight excluding hydrogens is 487 g/mol. The number of furan rings is 1. The summed E-state index contributed by atoms with van der Waals surface area (Å²) < 4.78 is 26.5. The molecule has 2 heterocycles. The van der Waals surface area contributed by atoms with Gasteiger partial charge in [-0.05, 0) is 54.1 Å². The van der Waals surface area contributed by atoms with Crippen LogP contribution in [-0.2, 0) is 16.1 Å². The maximum atomic E-state index is 13.5. The van der Waals surface area contributed by atoms with Crippen molar-refractivity contribution in [3.63, 3.8) is 0 Å². The summed E-state index contributed by atoms with van der Waals surface area (Å²) >= 11 is 0. The molecule has 3 aromatic carbocycles. The van der Waals surface area contributed by atoms with Crippen LogP contribution in [0.1, 0.15) is 6.92 Å². The van der Waals surface area contributed by atoms with Gasteiger partial charge in [-0.3, -0.25) is 9.36 Å². The third-order valence-electron chi connectivity index (χ3n) is 6.26. The van der Waals surface area contributed by atoms with Crippen molar-refractivity contribution in [1.82, 2.24) is 14.9 Å². The Morgan fingerprint density at radius 2 is 1.74 bits per heavy atom. The van der Waals surface area contributed by atoms with Gasteiger partial charge in [0, 0.05) is 23.7 Å². The number of fused-ring (bicyclic) bond motifs is 3. The third kappa shape index (κ3) is 5.06. The Labute approximate surface area is 218 Å². The number of hydrogen-bond acceptors (Lipinski definition) is 6. The molecule has 0 saturated heterocycles. The van der Waals surface area contributed by atoms with Crippen LogP contribution >= 0.6 is 0 Å². The molecule has 1 amide bonds. The summed E-state index contributed by atoms with van der Waals surface area (Å²) in [6.45, 7) is 3.47. The number of nitrogens with zero attached hydrogens (tertiary/aromatic N) is 2. The fourth-order valence-electron chi connectivity index (χ4n) is 4.38. The average molecular weight is 515 g/mol. The summed E-state index contributed by atoms with van der Waals surface area (Å²) in [7, 11) is 1.57. The third-order valence-corrected chi connectivity index (χ3v) is 6.26. The topological polar surface area (TPSA) is 98.4 Å². The number of aromatic nitrogens is 2. The summed E-state index contributed by atoms with van der Waals surface area (Å²) in [6.07, 6.45) is 0. The molecular formula is C29H27FN4O4. The Hall–Kier alpha value is -4.34. The van der Waals surface area contributed by atoms with Gasteiger partial charge in [0.1, 0.15) is 22.6 Å². The number of anilines is 1. The van der Waals surface area contributed by atoms with Crippen molar-refractivity contribution >= 4 is 33.7 Å². The number of amides is 1. The smallest absolute Gasteiger partial charge is 0.348 e. The molecule has 2 aromatic heterocycles. The fourth-order valence-corrected chi connectivity index (χ4v) is 4.38. The number of rotatable bonds is 9. The van der Waals surface area contributed by atoms with E-state index in [0.717, 1.165) is 16.5 Å². The Bertz CT molecular complexity index is 1660. The zero-order chi connectivity index (χ0) is 26.6. The number of hydrogen-bond donors (Lipinski definition) is 2. The second-order valence-corrected chi connectivity index (χ2v) is 8.79. The van der Waals surface area contributed by atoms with Gasteiger partial charge in [0.05, 0.1) is 19.7 Å². The van der Waals surface area contributed by atoms with E-state index >= 15 is 0 Å². The van der Waals surface area contributed by atoms with Gasteiger partial charge in [-0.1, -0.05) is 37.3 Å². The van der Waals surface area contributed by atoms with E-state index in [1.807, 2.05) is 25.1 Å². The van der Waals surface area contributed by atoms with E-state index in [1.54, 1.807) is 48.1 Å². The van der Waals surface area contributed by atoms with Crippen LogP contribution in [0.2, 0.25) is 0 Å². The van der Waals surface area contributed by atoms with Gasteiger partial charge in [0.15, 0.2) is 5.58 Å². The Kier molecular flexibility index (Phi) is 7.30. The minimum absolute atomic E-state index is 0.143. The van der Waals surface area contributed by atoms with E-state index in [0.29, 0.717) is 53.3 Å². The zero-order valence-electron chi connectivity index (χ0n) is 21.1. The van der Waals surface area contributed by atoms with E-state index < -0.39 is 5.69 Å². The SMILES string of the molecule is CCNCC(=O)Nc1ccc(-c2nc(=O)n(CCOC)c3c2oc2ccc(-c4ccc(F)cc4)cc23)cc1. The highest BCUT2D eigenvalue weighted by atomic mass is 19.1. The maximum absolute atomic E-state index is 13.5. The molecule has 0 spiro atoms. The van der Waals surface area contributed by atoms with Gasteiger partial charge in [0.2, 0.25) is 5.91 Å². The van der Waals surface area contributed by atoms with Crippen molar-refractivity contribution in [2.45, 2.75) is 13.5 Å². The molecule has 5 rings (SSSR count). The van der Waals surface area contributed by atoms with Crippen LogP contribution in [0.15, 0.2) is 75.9 Å². The molecule has 0 aliphatic carbocycles. The van der Waals surface area contributed by atoms with E-state index in [-0.39, 0.29) is 18.3 Å². The predicted octanol–water partition coefficient (Wildman–Crippen LogP) is 4.81. The van der Waals surface area contributed by atoms with Crippen LogP contribution in [0.4, 0.5) is 10.1 Å². The molecule has 194 valence electrons. The number of methoxy groups -OCH3 is 1. The van der Waals surface area contributed by atoms with Crippen molar-refractivity contribution in [3.8, 4) is 22.4 Å². The molecule has 0 fully saturated rings. The van der Waals surface area contributed by atoms with Gasteiger partial charge in [-0.25, -0.2) is 9.18 Å². The lowest BCUT2D eigenvalue weighted by Crippen LogP contribution is -2.27. The molecule has 9 heteroatoms. The van der Waals surface area contributed by atoms with Gasteiger partial charge < -0.3 is 19.8 Å². The van der Waals surface area contributed by atoms with E-state index in [9.17, 15) is 14.0 Å². The number of nitrogens with one attached hydrogen (secondary N) is 2. The Morgan fingerprint density at radius 1 is 1.03 bits per heavy atom. The van der Waals surface area contributed by atoms with Crippen LogP contribution in [0.3, 0.4) is 0 Å². The zero-order valence-corrected chi connectivity index (χ0v) is 21.1. The highest BCUT2D eigenvalue weighted by Gasteiger charge is 2.20. The van der Waals surface area contributed by atoms with Gasteiger partial charge in [0.25, 0.3) is 0 Å². The number of likely N-dealkylation sites (N-methyl/N-ethyl adjacent to an activating group) is 1. The first-order valence-electron chi connectivity index (χ1n) is 12.3. The lowest BCUT2D eigenvalue weighted by molar-refractivity contribution is -0.115. The Balaban J connectivity index is 1.62. The van der Waals surface area contributed by atoms with Gasteiger partial charge >= 0.3 is 5.69 Å². The highest BCUT2D eigenvalue weighted by Crippen LogP contribution is 2.36. The second kappa shape index (κ2) is 11.0. The molecule has 0 unspecified atom stereocenters. The number of halogens is 1. The minimum Gasteiger partial charge on any atom is -0.452 e. The first-order chi connectivity index (χ1) is 18.5. The Morgan fingerprint density at radius 3 is 2.45 bits per heavy atom. The largest absolute Gasteiger partial charge is 0.452 e. The summed E-state index contributed by atoms with van der Waals surface area (Å²) in [6, 6.07) is 19.0. The highest BCUT2D eigenvalue weighted by molar-refractivity contribution is 6.08. The van der Waals surface area contributed by atoms with E-state index in [1.165, 1.54) is 12.1 Å². The monoisotopic (exact) mass is 514 g/mol. The minimum atomic E-state index is -0.428. The first kappa shape index (κ1) is 25.3. The quantitative estimate of drug-likeness (QED) is 0.293. The average Bonchev–Trinajstić information content (AvgIpc) is 3.31. The standard InChI is InChI=1S/C29H27FN4O4/c1-3-31-17-25(35)32-22-11-6-19(7-12-22)26-28-27(34(14-15-37-2)29(36)33-26)23-16-20(8-13-24(23)38-28)18-4-9-21(30)10-5-18/h4-13,16,31H,3,14-15,17H2,1-2H3,(H,32,35).